The van der Waals surface area contributed by atoms with Crippen LogP contribution in [0.1, 0.15) is 31.2 Å². The largest absolute Gasteiger partial charge is 0.338 e. The first-order valence-corrected chi connectivity index (χ1v) is 11.0. The van der Waals surface area contributed by atoms with E-state index in [0.29, 0.717) is 16.7 Å². The van der Waals surface area contributed by atoms with Gasteiger partial charge in [0.2, 0.25) is 0 Å². The molecule has 2 aromatic carbocycles. The summed E-state index contributed by atoms with van der Waals surface area (Å²) in [5, 5.41) is 4.17. The summed E-state index contributed by atoms with van der Waals surface area (Å²) in [6.45, 7) is 0.516. The number of anilines is 1. The Bertz CT molecular complexity index is 949. The number of rotatable bonds is 4. The van der Waals surface area contributed by atoms with E-state index in [1.807, 2.05) is 24.3 Å². The van der Waals surface area contributed by atoms with Gasteiger partial charge < -0.3 is 14.8 Å². The molecule has 5 rings (SSSR count). The van der Waals surface area contributed by atoms with Gasteiger partial charge in [0, 0.05) is 20.4 Å². The number of amides is 1. The number of benzene rings is 2. The molecular formula is C21H19Cl2NO3S. The lowest BCUT2D eigenvalue weighted by Gasteiger charge is -2.37. The molecule has 146 valence electrons. The fourth-order valence-electron chi connectivity index (χ4n) is 3.79. The summed E-state index contributed by atoms with van der Waals surface area (Å²) in [5.41, 5.74) is 1.47. The zero-order valence-corrected chi connectivity index (χ0v) is 17.4. The summed E-state index contributed by atoms with van der Waals surface area (Å²) < 4.78 is 12.2. The zero-order valence-electron chi connectivity index (χ0n) is 15.0. The summed E-state index contributed by atoms with van der Waals surface area (Å²) in [6.07, 6.45) is 4.40. The monoisotopic (exact) mass is 435 g/mol. The Hall–Kier alpha value is -1.24. The lowest BCUT2D eigenvalue weighted by atomic mass is 10.0. The highest BCUT2D eigenvalue weighted by Gasteiger charge is 2.53. The van der Waals surface area contributed by atoms with Crippen LogP contribution >= 0.6 is 35.0 Å². The van der Waals surface area contributed by atoms with Crippen molar-refractivity contribution in [1.82, 2.24) is 0 Å². The molecule has 4 nitrogen and oxygen atoms in total. The molecule has 2 aliphatic heterocycles. The summed E-state index contributed by atoms with van der Waals surface area (Å²) in [5.74, 6) is -0.858. The van der Waals surface area contributed by atoms with E-state index in [9.17, 15) is 4.79 Å². The number of carbonyl (C=O) groups is 1. The molecule has 0 aromatic heterocycles. The van der Waals surface area contributed by atoms with Crippen molar-refractivity contribution in [2.75, 3.05) is 11.9 Å². The van der Waals surface area contributed by atoms with Gasteiger partial charge in [-0.1, -0.05) is 47.8 Å². The van der Waals surface area contributed by atoms with Crippen LogP contribution < -0.4 is 5.32 Å². The Kier molecular flexibility index (Phi) is 4.84. The molecule has 2 fully saturated rings. The van der Waals surface area contributed by atoms with Crippen molar-refractivity contribution in [3.8, 4) is 0 Å². The molecule has 1 aliphatic carbocycles. The topological polar surface area (TPSA) is 47.6 Å². The minimum atomic E-state index is -1.35. The maximum atomic E-state index is 12.8. The van der Waals surface area contributed by atoms with Crippen LogP contribution in [0, 0.1) is 5.92 Å². The second-order valence-corrected chi connectivity index (χ2v) is 9.47. The third-order valence-corrected chi connectivity index (χ3v) is 7.11. The van der Waals surface area contributed by atoms with Gasteiger partial charge in [-0.2, -0.15) is 0 Å². The van der Waals surface area contributed by atoms with Crippen molar-refractivity contribution in [3.05, 3.63) is 52.0 Å². The molecule has 2 aromatic rings. The standard InChI is InChI=1S/C21H19Cl2NO3S/c22-13-3-5-17(23)19(10-13)28-15-4-6-18-16(11-15)21(20(25)24-18)26-8-7-14(27-21)9-12-1-2-12/h3-6,10-12,14H,1-2,7-9H2,(H,24,25)/t14?,21-/m1/s1. The summed E-state index contributed by atoms with van der Waals surface area (Å²) in [6, 6.07) is 11.2. The molecule has 0 bridgehead atoms. The van der Waals surface area contributed by atoms with Crippen molar-refractivity contribution in [1.29, 1.82) is 0 Å². The van der Waals surface area contributed by atoms with E-state index < -0.39 is 5.79 Å². The first-order chi connectivity index (χ1) is 13.5. The van der Waals surface area contributed by atoms with Crippen LogP contribution in [0.25, 0.3) is 0 Å². The molecular weight excluding hydrogens is 417 g/mol. The maximum absolute atomic E-state index is 12.8. The fraction of sp³-hybridized carbons (Fsp3) is 0.381. The van der Waals surface area contributed by atoms with Crippen LogP contribution in [0.5, 0.6) is 0 Å². The van der Waals surface area contributed by atoms with Gasteiger partial charge in [0.05, 0.1) is 23.4 Å². The van der Waals surface area contributed by atoms with Gasteiger partial charge in [-0.15, -0.1) is 0 Å². The number of hydrogen-bond acceptors (Lipinski definition) is 4. The van der Waals surface area contributed by atoms with Gasteiger partial charge in [-0.05, 0) is 55.2 Å². The van der Waals surface area contributed by atoms with E-state index in [1.54, 1.807) is 12.1 Å². The number of ether oxygens (including phenoxy) is 2. The predicted molar refractivity (Wildman–Crippen MR) is 110 cm³/mol. The SMILES string of the molecule is O=C1Nc2ccc(Sc3cc(Cl)ccc3Cl)cc2[C@]12OCCC(CC1CC1)O2. The average molecular weight is 436 g/mol. The Labute approximate surface area is 177 Å². The maximum Gasteiger partial charge on any atom is 0.289 e. The molecule has 1 unspecified atom stereocenters. The van der Waals surface area contributed by atoms with E-state index in [4.69, 9.17) is 32.7 Å². The highest BCUT2D eigenvalue weighted by atomic mass is 35.5. The van der Waals surface area contributed by atoms with E-state index in [-0.39, 0.29) is 12.0 Å². The quantitative estimate of drug-likeness (QED) is 0.653. The number of halogens is 2. The molecule has 28 heavy (non-hydrogen) atoms. The van der Waals surface area contributed by atoms with Crippen molar-refractivity contribution in [3.63, 3.8) is 0 Å². The first-order valence-electron chi connectivity index (χ1n) is 9.44. The van der Waals surface area contributed by atoms with Crippen molar-refractivity contribution < 1.29 is 14.3 Å². The Morgan fingerprint density at radius 3 is 2.82 bits per heavy atom. The highest BCUT2D eigenvalue weighted by Crippen LogP contribution is 2.47. The lowest BCUT2D eigenvalue weighted by molar-refractivity contribution is -0.281. The molecule has 1 N–H and O–H groups in total. The summed E-state index contributed by atoms with van der Waals surface area (Å²) in [4.78, 5) is 14.6. The van der Waals surface area contributed by atoms with E-state index >= 15 is 0 Å². The van der Waals surface area contributed by atoms with Crippen molar-refractivity contribution in [2.24, 2.45) is 5.92 Å². The molecule has 2 atom stereocenters. The second kappa shape index (κ2) is 7.22. The lowest BCUT2D eigenvalue weighted by Crippen LogP contribution is -2.47. The molecule has 7 heteroatoms. The van der Waals surface area contributed by atoms with Crippen LogP contribution in [0.3, 0.4) is 0 Å². The number of hydrogen-bond donors (Lipinski definition) is 1. The van der Waals surface area contributed by atoms with Gasteiger partial charge in [0.1, 0.15) is 0 Å². The Morgan fingerprint density at radius 2 is 2.00 bits per heavy atom. The first kappa shape index (κ1) is 18.8. The fourth-order valence-corrected chi connectivity index (χ4v) is 5.18. The normalized spacial score (nSPS) is 26.4. The third kappa shape index (κ3) is 3.44. The molecule has 1 saturated heterocycles. The summed E-state index contributed by atoms with van der Waals surface area (Å²) >= 11 is 13.9. The van der Waals surface area contributed by atoms with E-state index in [0.717, 1.165) is 39.8 Å². The van der Waals surface area contributed by atoms with Crippen LogP contribution in [0.2, 0.25) is 10.0 Å². The molecule has 1 spiro atoms. The number of carbonyl (C=O) groups excluding carboxylic acids is 1. The van der Waals surface area contributed by atoms with Crippen molar-refractivity contribution >= 4 is 46.6 Å². The number of nitrogens with one attached hydrogen (secondary N) is 1. The summed E-state index contributed by atoms with van der Waals surface area (Å²) in [7, 11) is 0. The number of fused-ring (bicyclic) bond motifs is 2. The minimum Gasteiger partial charge on any atom is -0.338 e. The minimum absolute atomic E-state index is 0.0524. The average Bonchev–Trinajstić information content (AvgIpc) is 3.45. The molecule has 1 saturated carbocycles. The predicted octanol–water partition coefficient (Wildman–Crippen LogP) is 5.86. The van der Waals surface area contributed by atoms with E-state index in [2.05, 4.69) is 5.32 Å². The second-order valence-electron chi connectivity index (χ2n) is 7.51. The Balaban J connectivity index is 1.46. The van der Waals surface area contributed by atoms with Crippen molar-refractivity contribution in [2.45, 2.75) is 47.4 Å². The Morgan fingerprint density at radius 1 is 1.14 bits per heavy atom. The molecule has 3 aliphatic rings. The van der Waals surface area contributed by atoms with E-state index in [1.165, 1.54) is 24.6 Å². The van der Waals surface area contributed by atoms with Gasteiger partial charge in [0.15, 0.2) is 0 Å². The van der Waals surface area contributed by atoms with Gasteiger partial charge in [-0.3, -0.25) is 4.79 Å². The van der Waals surface area contributed by atoms with Crippen LogP contribution in [0.15, 0.2) is 46.2 Å². The molecule has 2 heterocycles. The van der Waals surface area contributed by atoms with Gasteiger partial charge >= 0.3 is 0 Å². The smallest absolute Gasteiger partial charge is 0.289 e. The zero-order chi connectivity index (χ0) is 19.3. The highest BCUT2D eigenvalue weighted by molar-refractivity contribution is 7.99. The molecule has 1 amide bonds. The molecule has 0 radical (unpaired) electrons. The van der Waals surface area contributed by atoms with Gasteiger partial charge in [-0.25, -0.2) is 0 Å². The van der Waals surface area contributed by atoms with Crippen LogP contribution in [-0.2, 0) is 20.1 Å². The third-order valence-electron chi connectivity index (χ3n) is 5.38. The van der Waals surface area contributed by atoms with Gasteiger partial charge in [0.25, 0.3) is 11.7 Å². The van der Waals surface area contributed by atoms with Crippen LogP contribution in [0.4, 0.5) is 5.69 Å². The van der Waals surface area contributed by atoms with Crippen LogP contribution in [-0.4, -0.2) is 18.6 Å².